The Bertz CT molecular complexity index is 491. The number of hydrogen-bond donors (Lipinski definition) is 1. The molecule has 0 aliphatic carbocycles. The van der Waals surface area contributed by atoms with Crippen molar-refractivity contribution in [1.29, 1.82) is 0 Å². The van der Waals surface area contributed by atoms with Crippen molar-refractivity contribution in [2.45, 2.75) is 26.4 Å². The topological polar surface area (TPSA) is 66.9 Å². The van der Waals surface area contributed by atoms with E-state index in [9.17, 15) is 4.79 Å². The van der Waals surface area contributed by atoms with Crippen molar-refractivity contribution in [2.24, 2.45) is 0 Å². The lowest BCUT2D eigenvalue weighted by Crippen LogP contribution is -2.50. The number of nitrogens with zero attached hydrogens (tertiary/aromatic N) is 3. The Balaban J connectivity index is 1.87. The third-order valence-corrected chi connectivity index (χ3v) is 3.25. The van der Waals surface area contributed by atoms with Crippen LogP contribution in [0.1, 0.15) is 20.8 Å². The Morgan fingerprint density at radius 3 is 2.41 bits per heavy atom. The first-order chi connectivity index (χ1) is 10.4. The van der Waals surface area contributed by atoms with Crippen LogP contribution >= 0.6 is 0 Å². The minimum absolute atomic E-state index is 0.245. The van der Waals surface area contributed by atoms with E-state index in [1.807, 2.05) is 32.9 Å². The smallest absolute Gasteiger partial charge is 0.410 e. The lowest BCUT2D eigenvalue weighted by atomic mass is 10.2. The van der Waals surface area contributed by atoms with E-state index in [1.54, 1.807) is 18.2 Å². The number of carbonyl (C=O) groups is 1. The molecule has 2 rings (SSSR count). The van der Waals surface area contributed by atoms with Crippen LogP contribution in [0.15, 0.2) is 18.3 Å². The molecular formula is C15H24N4O3. The van der Waals surface area contributed by atoms with Crippen LogP contribution in [-0.2, 0) is 9.57 Å². The van der Waals surface area contributed by atoms with Gasteiger partial charge in [-0.1, -0.05) is 0 Å². The van der Waals surface area contributed by atoms with Gasteiger partial charge in [-0.15, -0.1) is 0 Å². The summed E-state index contributed by atoms with van der Waals surface area (Å²) in [6, 6.07) is 3.84. The Labute approximate surface area is 131 Å². The molecule has 1 aliphatic rings. The number of rotatable bonds is 3. The summed E-state index contributed by atoms with van der Waals surface area (Å²) >= 11 is 0. The Morgan fingerprint density at radius 2 is 1.91 bits per heavy atom. The minimum Gasteiger partial charge on any atom is -0.444 e. The summed E-state index contributed by atoms with van der Waals surface area (Å²) in [5, 5.41) is 0. The number of ether oxygens (including phenoxy) is 1. The van der Waals surface area contributed by atoms with Crippen molar-refractivity contribution < 1.29 is 14.4 Å². The van der Waals surface area contributed by atoms with Crippen LogP contribution in [0.4, 0.5) is 16.3 Å². The maximum atomic E-state index is 12.0. The molecule has 1 fully saturated rings. The number of piperazine rings is 1. The lowest BCUT2D eigenvalue weighted by molar-refractivity contribution is 0.0240. The molecule has 1 amide bonds. The van der Waals surface area contributed by atoms with Gasteiger partial charge in [-0.2, -0.15) is 0 Å². The van der Waals surface area contributed by atoms with Gasteiger partial charge in [-0.3, -0.25) is 4.84 Å². The molecule has 0 spiro atoms. The second kappa shape index (κ2) is 6.83. The van der Waals surface area contributed by atoms with Crippen LogP contribution < -0.4 is 10.4 Å². The first-order valence-electron chi connectivity index (χ1n) is 7.37. The lowest BCUT2D eigenvalue weighted by Gasteiger charge is -2.36. The van der Waals surface area contributed by atoms with Gasteiger partial charge in [0.05, 0.1) is 19.0 Å². The molecule has 0 aromatic carbocycles. The number of nitrogens with one attached hydrogen (secondary N) is 1. The van der Waals surface area contributed by atoms with Gasteiger partial charge in [0.2, 0.25) is 0 Å². The first kappa shape index (κ1) is 16.4. The Morgan fingerprint density at radius 1 is 1.23 bits per heavy atom. The largest absolute Gasteiger partial charge is 0.444 e. The molecule has 122 valence electrons. The molecule has 7 heteroatoms. The standard InChI is InChI=1S/C15H24N4O3/c1-15(2,3)22-14(20)19-9-7-18(8-10-19)12-5-6-13(16-11-12)17-21-4/h5-6,11H,7-10H2,1-4H3,(H,16,17). The van der Waals surface area contributed by atoms with Gasteiger partial charge in [0.25, 0.3) is 0 Å². The van der Waals surface area contributed by atoms with E-state index in [4.69, 9.17) is 9.57 Å². The highest BCUT2D eigenvalue weighted by Gasteiger charge is 2.25. The summed E-state index contributed by atoms with van der Waals surface area (Å²) in [7, 11) is 1.55. The fourth-order valence-corrected chi connectivity index (χ4v) is 2.21. The van der Waals surface area contributed by atoms with E-state index in [1.165, 1.54) is 0 Å². The van der Waals surface area contributed by atoms with E-state index in [-0.39, 0.29) is 6.09 Å². The Hall–Kier alpha value is -2.02. The highest BCUT2D eigenvalue weighted by Crippen LogP contribution is 2.18. The van der Waals surface area contributed by atoms with Crippen LogP contribution in [0, 0.1) is 0 Å². The van der Waals surface area contributed by atoms with Crippen molar-refractivity contribution in [1.82, 2.24) is 9.88 Å². The summed E-state index contributed by atoms with van der Waals surface area (Å²) in [6.45, 7) is 8.45. The molecule has 1 aliphatic heterocycles. The normalized spacial score (nSPS) is 15.6. The molecule has 22 heavy (non-hydrogen) atoms. The quantitative estimate of drug-likeness (QED) is 0.863. The molecule has 0 radical (unpaired) electrons. The third kappa shape index (κ3) is 4.49. The van der Waals surface area contributed by atoms with E-state index < -0.39 is 5.60 Å². The number of hydrogen-bond acceptors (Lipinski definition) is 6. The number of pyridine rings is 1. The molecule has 1 aromatic heterocycles. The van der Waals surface area contributed by atoms with Gasteiger partial charge in [-0.05, 0) is 32.9 Å². The van der Waals surface area contributed by atoms with Crippen LogP contribution in [0.25, 0.3) is 0 Å². The number of aromatic nitrogens is 1. The van der Waals surface area contributed by atoms with Gasteiger partial charge >= 0.3 is 6.09 Å². The second-order valence-corrected chi connectivity index (χ2v) is 6.16. The summed E-state index contributed by atoms with van der Waals surface area (Å²) in [6.07, 6.45) is 1.55. The monoisotopic (exact) mass is 308 g/mol. The van der Waals surface area contributed by atoms with Crippen molar-refractivity contribution in [3.8, 4) is 0 Å². The number of carbonyl (C=O) groups excluding carboxylic acids is 1. The summed E-state index contributed by atoms with van der Waals surface area (Å²) in [5.74, 6) is 0.665. The van der Waals surface area contributed by atoms with Gasteiger partial charge in [0, 0.05) is 26.2 Å². The molecule has 0 atom stereocenters. The zero-order valence-electron chi connectivity index (χ0n) is 13.6. The average Bonchev–Trinajstić information content (AvgIpc) is 2.47. The first-order valence-corrected chi connectivity index (χ1v) is 7.37. The van der Waals surface area contributed by atoms with Crippen LogP contribution in [0.5, 0.6) is 0 Å². The van der Waals surface area contributed by atoms with Crippen LogP contribution in [0.3, 0.4) is 0 Å². The molecule has 1 N–H and O–H groups in total. The average molecular weight is 308 g/mol. The van der Waals surface area contributed by atoms with E-state index in [0.29, 0.717) is 18.9 Å². The predicted octanol–water partition coefficient (Wildman–Crippen LogP) is 2.11. The minimum atomic E-state index is -0.456. The summed E-state index contributed by atoms with van der Waals surface area (Å²) < 4.78 is 5.39. The molecular weight excluding hydrogens is 284 g/mol. The molecule has 1 saturated heterocycles. The van der Waals surface area contributed by atoms with Crippen LogP contribution in [0.2, 0.25) is 0 Å². The van der Waals surface area contributed by atoms with Crippen molar-refractivity contribution in [2.75, 3.05) is 43.7 Å². The Kier molecular flexibility index (Phi) is 5.07. The van der Waals surface area contributed by atoms with Gasteiger partial charge in [0.1, 0.15) is 11.4 Å². The maximum Gasteiger partial charge on any atom is 0.410 e. The van der Waals surface area contributed by atoms with Gasteiger partial charge in [0.15, 0.2) is 0 Å². The molecule has 2 heterocycles. The fourth-order valence-electron chi connectivity index (χ4n) is 2.21. The highest BCUT2D eigenvalue weighted by molar-refractivity contribution is 5.68. The van der Waals surface area contributed by atoms with Crippen molar-refractivity contribution in [3.63, 3.8) is 0 Å². The number of amides is 1. The second-order valence-electron chi connectivity index (χ2n) is 6.16. The van der Waals surface area contributed by atoms with Gasteiger partial charge < -0.3 is 14.5 Å². The molecule has 0 unspecified atom stereocenters. The molecule has 7 nitrogen and oxygen atoms in total. The highest BCUT2D eigenvalue weighted by atomic mass is 16.6. The van der Waals surface area contributed by atoms with Crippen LogP contribution in [-0.4, -0.2) is 54.9 Å². The van der Waals surface area contributed by atoms with E-state index in [2.05, 4.69) is 15.4 Å². The van der Waals surface area contributed by atoms with Gasteiger partial charge in [-0.25, -0.2) is 15.3 Å². The zero-order valence-corrected chi connectivity index (χ0v) is 13.6. The number of anilines is 2. The maximum absolute atomic E-state index is 12.0. The van der Waals surface area contributed by atoms with E-state index in [0.717, 1.165) is 18.8 Å². The molecule has 0 saturated carbocycles. The third-order valence-electron chi connectivity index (χ3n) is 3.25. The summed E-state index contributed by atoms with van der Waals surface area (Å²) in [5.41, 5.74) is 3.26. The van der Waals surface area contributed by atoms with Crippen molar-refractivity contribution >= 4 is 17.6 Å². The molecule has 0 bridgehead atoms. The van der Waals surface area contributed by atoms with Crippen molar-refractivity contribution in [3.05, 3.63) is 18.3 Å². The zero-order chi connectivity index (χ0) is 16.2. The predicted molar refractivity (Wildman–Crippen MR) is 84.9 cm³/mol. The molecule has 1 aromatic rings. The SMILES string of the molecule is CONc1ccc(N2CCN(C(=O)OC(C)(C)C)CC2)cn1. The van der Waals surface area contributed by atoms with E-state index >= 15 is 0 Å². The summed E-state index contributed by atoms with van der Waals surface area (Å²) in [4.78, 5) is 25.0. The fraction of sp³-hybridized carbons (Fsp3) is 0.600.